The molecule has 2 aliphatic rings. The monoisotopic (exact) mass is 540 g/mol. The molecule has 0 radical (unpaired) electrons. The van der Waals surface area contributed by atoms with Crippen LogP contribution in [0, 0.1) is 11.8 Å². The molecule has 1 N–H and O–H groups in total. The molecule has 0 amide bonds. The molecule has 1 aliphatic heterocycles. The molecule has 4 rings (SSSR count). The molecule has 4 atom stereocenters. The Morgan fingerprint density at radius 2 is 1.82 bits per heavy atom. The number of aromatic hydroxyl groups is 1. The van der Waals surface area contributed by atoms with Gasteiger partial charge in [-0.2, -0.15) is 0 Å². The van der Waals surface area contributed by atoms with Gasteiger partial charge in [-0.1, -0.05) is 65.3 Å². The second kappa shape index (κ2) is 12.3. The van der Waals surface area contributed by atoms with E-state index in [0.717, 1.165) is 31.2 Å². The number of allylic oxidation sites excluding steroid dienone is 6. The van der Waals surface area contributed by atoms with Gasteiger partial charge in [0.25, 0.3) is 0 Å². The van der Waals surface area contributed by atoms with Crippen molar-refractivity contribution in [2.24, 2.45) is 11.8 Å². The molecule has 212 valence electrons. The molecule has 40 heavy (non-hydrogen) atoms. The Bertz CT molecular complexity index is 1350. The molecule has 0 fully saturated rings. The summed E-state index contributed by atoms with van der Waals surface area (Å²) < 4.78 is 12.2. The van der Waals surface area contributed by atoms with E-state index >= 15 is 0 Å². The Labute approximate surface area is 240 Å². The first kappa shape index (κ1) is 29.5. The number of ketones is 1. The van der Waals surface area contributed by atoms with Gasteiger partial charge in [0.1, 0.15) is 28.4 Å². The quantitative estimate of drug-likeness (QED) is 0.254. The first-order valence-corrected chi connectivity index (χ1v) is 14.4. The Balaban J connectivity index is 1.78. The fraction of sp³-hybridized carbons (Fsp3) is 0.417. The summed E-state index contributed by atoms with van der Waals surface area (Å²) in [7, 11) is 1.55. The largest absolute Gasteiger partial charge is 0.506 e. The van der Waals surface area contributed by atoms with Gasteiger partial charge in [-0.05, 0) is 96.8 Å². The number of hydrogen-bond donors (Lipinski definition) is 1. The van der Waals surface area contributed by atoms with E-state index in [9.17, 15) is 9.90 Å². The van der Waals surface area contributed by atoms with Crippen LogP contribution in [0.4, 0.5) is 0 Å². The average molecular weight is 541 g/mol. The minimum atomic E-state index is -0.513. The van der Waals surface area contributed by atoms with Crippen LogP contribution in [0.2, 0.25) is 0 Å². The number of methoxy groups -OCH3 is 1. The van der Waals surface area contributed by atoms with Crippen LogP contribution in [0.15, 0.2) is 77.4 Å². The lowest BCUT2D eigenvalue weighted by atomic mass is 9.65. The number of hydrogen-bond acceptors (Lipinski definition) is 4. The van der Waals surface area contributed by atoms with Crippen LogP contribution in [0.25, 0.3) is 6.08 Å². The highest BCUT2D eigenvalue weighted by molar-refractivity contribution is 6.05. The summed E-state index contributed by atoms with van der Waals surface area (Å²) in [5.41, 5.74) is 5.12. The fourth-order valence-corrected chi connectivity index (χ4v) is 6.05. The van der Waals surface area contributed by atoms with Crippen molar-refractivity contribution in [2.75, 3.05) is 7.11 Å². The molecule has 1 aliphatic carbocycles. The summed E-state index contributed by atoms with van der Waals surface area (Å²) in [5.74, 6) is 0.406. The highest BCUT2D eigenvalue weighted by atomic mass is 16.5. The first-order chi connectivity index (χ1) is 19.0. The zero-order chi connectivity index (χ0) is 29.0. The number of fused-ring (bicyclic) bond motifs is 1. The van der Waals surface area contributed by atoms with Crippen LogP contribution < -0.4 is 9.47 Å². The molecule has 0 unspecified atom stereocenters. The third-order valence-electron chi connectivity index (χ3n) is 8.33. The minimum absolute atomic E-state index is 0.00161. The fourth-order valence-electron chi connectivity index (χ4n) is 6.05. The van der Waals surface area contributed by atoms with Gasteiger partial charge < -0.3 is 14.6 Å². The number of Topliss-reactive ketones (excluding diaryl/α,β-unsaturated/α-hetero) is 1. The Hall–Kier alpha value is -3.53. The molecule has 0 saturated carbocycles. The normalized spacial score (nSPS) is 23.4. The number of benzene rings is 2. The molecule has 0 spiro atoms. The number of carbonyl (C=O) groups is 1. The van der Waals surface area contributed by atoms with E-state index in [2.05, 4.69) is 65.0 Å². The van der Waals surface area contributed by atoms with Crippen molar-refractivity contribution in [1.29, 1.82) is 0 Å². The maximum atomic E-state index is 14.6. The smallest absolute Gasteiger partial charge is 0.174 e. The second-order valence-electron chi connectivity index (χ2n) is 12.0. The lowest BCUT2D eigenvalue weighted by Crippen LogP contribution is -2.34. The van der Waals surface area contributed by atoms with E-state index in [1.807, 2.05) is 37.3 Å². The van der Waals surface area contributed by atoms with Gasteiger partial charge in [-0.15, -0.1) is 0 Å². The number of carbonyl (C=O) groups excluding carboxylic acids is 1. The maximum Gasteiger partial charge on any atom is 0.174 e. The molecule has 2 aromatic carbocycles. The van der Waals surface area contributed by atoms with Crippen LogP contribution in [0.3, 0.4) is 0 Å². The van der Waals surface area contributed by atoms with Gasteiger partial charge in [0.2, 0.25) is 0 Å². The highest BCUT2D eigenvalue weighted by Gasteiger charge is 2.42. The molecule has 0 bridgehead atoms. The van der Waals surface area contributed by atoms with E-state index in [1.165, 1.54) is 16.7 Å². The van der Waals surface area contributed by atoms with Crippen LogP contribution in [0.1, 0.15) is 94.6 Å². The van der Waals surface area contributed by atoms with Crippen molar-refractivity contribution in [2.45, 2.75) is 78.7 Å². The van der Waals surface area contributed by atoms with Crippen LogP contribution in [-0.4, -0.2) is 23.6 Å². The topological polar surface area (TPSA) is 55.8 Å². The number of rotatable bonds is 9. The number of phenolic OH excluding ortho intramolecular Hbond substituents is 1. The number of ether oxygens (including phenoxy) is 2. The Morgan fingerprint density at radius 1 is 1.12 bits per heavy atom. The molecule has 2 aromatic rings. The molecule has 0 saturated heterocycles. The summed E-state index contributed by atoms with van der Waals surface area (Å²) in [6, 6.07) is 12.0. The van der Waals surface area contributed by atoms with E-state index in [-0.39, 0.29) is 34.8 Å². The highest BCUT2D eigenvalue weighted by Crippen LogP contribution is 2.49. The van der Waals surface area contributed by atoms with Gasteiger partial charge in [-0.25, -0.2) is 0 Å². The molecular weight excluding hydrogens is 496 g/mol. The van der Waals surface area contributed by atoms with E-state index in [1.54, 1.807) is 13.2 Å². The summed E-state index contributed by atoms with van der Waals surface area (Å²) in [4.78, 5) is 14.6. The van der Waals surface area contributed by atoms with Crippen molar-refractivity contribution in [3.8, 4) is 17.2 Å². The van der Waals surface area contributed by atoms with Gasteiger partial charge in [0.15, 0.2) is 5.78 Å². The standard InChI is InChI=1S/C36H44O4/c1-23(2)12-11-20-36(6)21-19-29-30(40-36)22-31(39-7)33(34(29)37)35(38)32-27(17-15-24(3)4)25(5)16-18-28(32)26-13-9-8-10-14-26/h8-10,12-16,19,21-22,27-28,32,37H,11,17-18,20H2,1-7H3/t27-,28+,32-,36+/m1/s1. The van der Waals surface area contributed by atoms with Crippen LogP contribution >= 0.6 is 0 Å². The average Bonchev–Trinajstić information content (AvgIpc) is 2.91. The Kier molecular flexibility index (Phi) is 9.08. The van der Waals surface area contributed by atoms with Gasteiger partial charge in [0, 0.05) is 12.0 Å². The van der Waals surface area contributed by atoms with E-state index < -0.39 is 5.60 Å². The molecule has 1 heterocycles. The van der Waals surface area contributed by atoms with Crippen LogP contribution in [0.5, 0.6) is 17.2 Å². The van der Waals surface area contributed by atoms with Gasteiger partial charge in [0.05, 0.1) is 12.7 Å². The zero-order valence-corrected chi connectivity index (χ0v) is 25.1. The first-order valence-electron chi connectivity index (χ1n) is 14.4. The summed E-state index contributed by atoms with van der Waals surface area (Å²) in [5, 5.41) is 11.6. The van der Waals surface area contributed by atoms with Gasteiger partial charge in [-0.3, -0.25) is 4.79 Å². The van der Waals surface area contributed by atoms with E-state index in [0.29, 0.717) is 17.1 Å². The van der Waals surface area contributed by atoms with Crippen LogP contribution in [-0.2, 0) is 0 Å². The van der Waals surface area contributed by atoms with Gasteiger partial charge >= 0.3 is 0 Å². The Morgan fingerprint density at radius 3 is 2.48 bits per heavy atom. The van der Waals surface area contributed by atoms with Crippen molar-refractivity contribution < 1.29 is 19.4 Å². The SMILES string of the molecule is COc1cc2c(c(O)c1C(=O)[C@@H]1[C@H](CC=C(C)C)C(C)=CC[C@H]1c1ccccc1)C=C[C@](C)(CCC=C(C)C)O2. The van der Waals surface area contributed by atoms with Crippen molar-refractivity contribution in [1.82, 2.24) is 0 Å². The molecule has 4 nitrogen and oxygen atoms in total. The predicted molar refractivity (Wildman–Crippen MR) is 164 cm³/mol. The lowest BCUT2D eigenvalue weighted by Gasteiger charge is -2.38. The summed E-state index contributed by atoms with van der Waals surface area (Å²) >= 11 is 0. The number of phenols is 1. The van der Waals surface area contributed by atoms with Crippen molar-refractivity contribution in [3.63, 3.8) is 0 Å². The third kappa shape index (κ3) is 6.27. The summed E-state index contributed by atoms with van der Waals surface area (Å²) in [6.07, 6.45) is 13.8. The predicted octanol–water partition coefficient (Wildman–Crippen LogP) is 9.22. The maximum absolute atomic E-state index is 14.6. The molecular formula is C36H44O4. The molecule has 0 aromatic heterocycles. The summed E-state index contributed by atoms with van der Waals surface area (Å²) in [6.45, 7) is 12.5. The van der Waals surface area contributed by atoms with Crippen molar-refractivity contribution in [3.05, 3.63) is 94.1 Å². The lowest BCUT2D eigenvalue weighted by molar-refractivity contribution is 0.0843. The minimum Gasteiger partial charge on any atom is -0.506 e. The van der Waals surface area contributed by atoms with E-state index in [4.69, 9.17) is 9.47 Å². The van der Waals surface area contributed by atoms with Crippen molar-refractivity contribution >= 4 is 11.9 Å². The second-order valence-corrected chi connectivity index (χ2v) is 12.0. The molecule has 4 heteroatoms. The third-order valence-corrected chi connectivity index (χ3v) is 8.33. The zero-order valence-electron chi connectivity index (χ0n) is 25.1.